The molecule has 3 nitrogen and oxygen atoms in total. The monoisotopic (exact) mass is 187 g/mol. The van der Waals surface area contributed by atoms with Gasteiger partial charge >= 0.3 is 5.97 Å². The van der Waals surface area contributed by atoms with E-state index in [4.69, 9.17) is 10.8 Å². The first kappa shape index (κ1) is 9.44. The number of halogens is 2. The van der Waals surface area contributed by atoms with E-state index in [1.807, 2.05) is 0 Å². The number of aromatic carboxylic acids is 1. The number of nitrogens with two attached hydrogens (primary N) is 1. The molecule has 0 aliphatic rings. The van der Waals surface area contributed by atoms with Gasteiger partial charge in [-0.25, -0.2) is 13.6 Å². The third-order valence-electron chi connectivity index (χ3n) is 1.54. The Labute approximate surface area is 72.8 Å². The molecule has 0 aliphatic heterocycles. The Morgan fingerprint density at radius 3 is 2.54 bits per heavy atom. The second-order valence-corrected chi connectivity index (χ2v) is 2.45. The maximum absolute atomic E-state index is 12.2. The van der Waals surface area contributed by atoms with Crippen molar-refractivity contribution in [2.45, 2.75) is 6.43 Å². The summed E-state index contributed by atoms with van der Waals surface area (Å²) in [5, 5.41) is 8.53. The third kappa shape index (κ3) is 1.93. The molecule has 0 amide bonds. The molecule has 0 atom stereocenters. The zero-order chi connectivity index (χ0) is 10.0. The lowest BCUT2D eigenvalue weighted by Crippen LogP contribution is -2.03. The van der Waals surface area contributed by atoms with Gasteiger partial charge in [0, 0.05) is 11.3 Å². The number of carboxylic acid groups (broad SMARTS) is 1. The molecule has 0 heterocycles. The first-order chi connectivity index (χ1) is 6.02. The first-order valence-corrected chi connectivity index (χ1v) is 3.43. The molecule has 13 heavy (non-hydrogen) atoms. The third-order valence-corrected chi connectivity index (χ3v) is 1.54. The second-order valence-electron chi connectivity index (χ2n) is 2.45. The van der Waals surface area contributed by atoms with Crippen LogP contribution in [0.25, 0.3) is 0 Å². The lowest BCUT2D eigenvalue weighted by atomic mass is 10.1. The summed E-state index contributed by atoms with van der Waals surface area (Å²) in [6.07, 6.45) is -2.82. The number of rotatable bonds is 2. The van der Waals surface area contributed by atoms with Crippen molar-refractivity contribution < 1.29 is 18.7 Å². The second kappa shape index (κ2) is 3.38. The zero-order valence-corrected chi connectivity index (χ0v) is 6.50. The van der Waals surface area contributed by atoms with E-state index in [0.29, 0.717) is 0 Å². The fourth-order valence-electron chi connectivity index (χ4n) is 0.957. The molecule has 0 saturated carbocycles. The van der Waals surface area contributed by atoms with Crippen molar-refractivity contribution in [3.63, 3.8) is 0 Å². The topological polar surface area (TPSA) is 63.3 Å². The van der Waals surface area contributed by atoms with Gasteiger partial charge in [-0.2, -0.15) is 0 Å². The van der Waals surface area contributed by atoms with Crippen molar-refractivity contribution in [2.75, 3.05) is 5.73 Å². The molecule has 0 spiro atoms. The predicted octanol–water partition coefficient (Wildman–Crippen LogP) is 1.90. The molecule has 0 fully saturated rings. The Bertz CT molecular complexity index is 339. The number of hydrogen-bond donors (Lipinski definition) is 2. The minimum Gasteiger partial charge on any atom is -0.478 e. The van der Waals surface area contributed by atoms with E-state index in [1.54, 1.807) is 0 Å². The summed E-state index contributed by atoms with van der Waals surface area (Å²) in [5.41, 5.74) is 4.40. The summed E-state index contributed by atoms with van der Waals surface area (Å²) in [5.74, 6) is -1.38. The summed E-state index contributed by atoms with van der Waals surface area (Å²) >= 11 is 0. The highest BCUT2D eigenvalue weighted by Crippen LogP contribution is 2.24. The van der Waals surface area contributed by atoms with Gasteiger partial charge in [0.1, 0.15) is 0 Å². The van der Waals surface area contributed by atoms with Crippen molar-refractivity contribution in [3.05, 3.63) is 29.3 Å². The van der Waals surface area contributed by atoms with Crippen LogP contribution in [-0.4, -0.2) is 11.1 Å². The summed E-state index contributed by atoms with van der Waals surface area (Å²) in [4.78, 5) is 10.5. The smallest absolute Gasteiger partial charge is 0.336 e. The van der Waals surface area contributed by atoms with E-state index in [9.17, 15) is 13.6 Å². The molecule has 1 aromatic carbocycles. The maximum atomic E-state index is 12.2. The van der Waals surface area contributed by atoms with Crippen LogP contribution in [0.2, 0.25) is 0 Å². The van der Waals surface area contributed by atoms with E-state index in [2.05, 4.69) is 0 Å². The number of anilines is 1. The van der Waals surface area contributed by atoms with Crippen LogP contribution in [0.1, 0.15) is 22.3 Å². The molecule has 0 bridgehead atoms. The number of nitrogen functional groups attached to an aromatic ring is 1. The predicted molar refractivity (Wildman–Crippen MR) is 42.8 cm³/mol. The van der Waals surface area contributed by atoms with Crippen LogP contribution in [0.5, 0.6) is 0 Å². The largest absolute Gasteiger partial charge is 0.478 e. The van der Waals surface area contributed by atoms with Crippen LogP contribution >= 0.6 is 0 Å². The van der Waals surface area contributed by atoms with Crippen LogP contribution in [0.3, 0.4) is 0 Å². The van der Waals surface area contributed by atoms with Gasteiger partial charge in [-0.15, -0.1) is 0 Å². The lowest BCUT2D eigenvalue weighted by molar-refractivity contribution is 0.0684. The molecule has 0 saturated heterocycles. The Morgan fingerprint density at radius 2 is 2.08 bits per heavy atom. The standard InChI is InChI=1S/C8H7F2NO2/c9-7(10)6-3-4(11)1-2-5(6)8(12)13/h1-3,7H,11H2,(H,12,13). The Balaban J connectivity index is 3.26. The molecule has 1 rings (SSSR count). The summed E-state index contributed by atoms with van der Waals surface area (Å²) < 4.78 is 24.5. The van der Waals surface area contributed by atoms with E-state index in [-0.39, 0.29) is 5.69 Å². The lowest BCUT2D eigenvalue weighted by Gasteiger charge is -2.05. The number of carboxylic acids is 1. The van der Waals surface area contributed by atoms with Gasteiger partial charge in [0.15, 0.2) is 0 Å². The Morgan fingerprint density at radius 1 is 1.46 bits per heavy atom. The molecule has 0 aliphatic carbocycles. The molecular weight excluding hydrogens is 180 g/mol. The van der Waals surface area contributed by atoms with Crippen LogP contribution in [0.4, 0.5) is 14.5 Å². The first-order valence-electron chi connectivity index (χ1n) is 3.43. The van der Waals surface area contributed by atoms with Crippen LogP contribution in [0, 0.1) is 0 Å². The minimum atomic E-state index is -2.82. The van der Waals surface area contributed by atoms with Crippen molar-refractivity contribution >= 4 is 11.7 Å². The summed E-state index contributed by atoms with van der Waals surface area (Å²) in [7, 11) is 0. The minimum absolute atomic E-state index is 0.125. The van der Waals surface area contributed by atoms with Crippen LogP contribution in [0.15, 0.2) is 18.2 Å². The fourth-order valence-corrected chi connectivity index (χ4v) is 0.957. The Kier molecular flexibility index (Phi) is 2.46. The van der Waals surface area contributed by atoms with Crippen molar-refractivity contribution in [1.29, 1.82) is 0 Å². The highest BCUT2D eigenvalue weighted by molar-refractivity contribution is 5.90. The van der Waals surface area contributed by atoms with Crippen LogP contribution in [-0.2, 0) is 0 Å². The van der Waals surface area contributed by atoms with Crippen molar-refractivity contribution in [2.24, 2.45) is 0 Å². The molecule has 5 heteroatoms. The van der Waals surface area contributed by atoms with Gasteiger partial charge in [0.25, 0.3) is 6.43 Å². The van der Waals surface area contributed by atoms with E-state index in [1.165, 1.54) is 6.07 Å². The zero-order valence-electron chi connectivity index (χ0n) is 6.50. The molecule has 0 radical (unpaired) electrons. The molecule has 3 N–H and O–H groups in total. The number of hydrogen-bond acceptors (Lipinski definition) is 2. The molecule has 0 aromatic heterocycles. The maximum Gasteiger partial charge on any atom is 0.336 e. The van der Waals surface area contributed by atoms with Gasteiger partial charge in [-0.1, -0.05) is 0 Å². The normalized spacial score (nSPS) is 10.4. The highest BCUT2D eigenvalue weighted by Gasteiger charge is 2.17. The van der Waals surface area contributed by atoms with Crippen molar-refractivity contribution in [3.8, 4) is 0 Å². The fraction of sp³-hybridized carbons (Fsp3) is 0.125. The number of benzene rings is 1. The molecule has 0 unspecified atom stereocenters. The molecular formula is C8H7F2NO2. The van der Waals surface area contributed by atoms with Gasteiger partial charge < -0.3 is 10.8 Å². The molecule has 70 valence electrons. The van der Waals surface area contributed by atoms with E-state index in [0.717, 1.165) is 12.1 Å². The van der Waals surface area contributed by atoms with Gasteiger partial charge in [-0.05, 0) is 18.2 Å². The van der Waals surface area contributed by atoms with E-state index < -0.39 is 23.5 Å². The van der Waals surface area contributed by atoms with Crippen molar-refractivity contribution in [1.82, 2.24) is 0 Å². The SMILES string of the molecule is Nc1ccc(C(=O)O)c(C(F)F)c1. The van der Waals surface area contributed by atoms with Gasteiger partial charge in [0.2, 0.25) is 0 Å². The average Bonchev–Trinajstić information content (AvgIpc) is 2.03. The summed E-state index contributed by atoms with van der Waals surface area (Å²) in [6.45, 7) is 0. The Hall–Kier alpha value is -1.65. The average molecular weight is 187 g/mol. The van der Waals surface area contributed by atoms with E-state index >= 15 is 0 Å². The molecule has 1 aromatic rings. The van der Waals surface area contributed by atoms with Gasteiger partial charge in [-0.3, -0.25) is 0 Å². The summed E-state index contributed by atoms with van der Waals surface area (Å²) in [6, 6.07) is 3.31. The van der Waals surface area contributed by atoms with Crippen LogP contribution < -0.4 is 5.73 Å². The quantitative estimate of drug-likeness (QED) is 0.695. The van der Waals surface area contributed by atoms with Gasteiger partial charge in [0.05, 0.1) is 5.56 Å². The number of carbonyl (C=O) groups is 1. The number of alkyl halides is 2. The highest BCUT2D eigenvalue weighted by atomic mass is 19.3.